The summed E-state index contributed by atoms with van der Waals surface area (Å²) in [5.74, 6) is 0.325. The minimum atomic E-state index is -0.346. The van der Waals surface area contributed by atoms with Crippen LogP contribution in [0.3, 0.4) is 0 Å². The number of esters is 1. The fourth-order valence-electron chi connectivity index (χ4n) is 2.69. The highest BCUT2D eigenvalue weighted by atomic mass is 32.2. The van der Waals surface area contributed by atoms with E-state index in [1.807, 2.05) is 42.5 Å². The zero-order chi connectivity index (χ0) is 20.3. The molecule has 0 aliphatic carbocycles. The summed E-state index contributed by atoms with van der Waals surface area (Å²) >= 11 is 3.41. The highest BCUT2D eigenvalue weighted by molar-refractivity contribution is 7.99. The largest absolute Gasteiger partial charge is 0.456 e. The third-order valence-corrected chi connectivity index (χ3v) is 6.32. The second kappa shape index (κ2) is 11.6. The number of aryl methyl sites for hydroxylation is 1. The molecule has 3 rings (SSSR count). The van der Waals surface area contributed by atoms with Crippen molar-refractivity contribution < 1.29 is 14.3 Å². The molecule has 0 fully saturated rings. The molecule has 0 saturated heterocycles. The van der Waals surface area contributed by atoms with Crippen LogP contribution in [0.5, 0.6) is 0 Å². The molecule has 7 heteroatoms. The Hall–Kier alpha value is -2.38. The van der Waals surface area contributed by atoms with E-state index in [4.69, 9.17) is 4.74 Å². The van der Waals surface area contributed by atoms with Crippen molar-refractivity contribution in [1.29, 1.82) is 0 Å². The van der Waals surface area contributed by atoms with E-state index >= 15 is 0 Å². The quantitative estimate of drug-likeness (QED) is 0.277. The summed E-state index contributed by atoms with van der Waals surface area (Å²) in [6, 6.07) is 18.2. The van der Waals surface area contributed by atoms with Crippen LogP contribution in [0.1, 0.15) is 24.3 Å². The molecule has 0 aliphatic rings. The number of thioether (sulfide) groups is 1. The second-order valence-corrected chi connectivity index (χ2v) is 8.74. The van der Waals surface area contributed by atoms with Gasteiger partial charge in [0, 0.05) is 17.9 Å². The van der Waals surface area contributed by atoms with Gasteiger partial charge in [-0.15, -0.1) is 23.1 Å². The third-order valence-electron chi connectivity index (χ3n) is 4.13. The fraction of sp³-hybridized carbons (Fsp3) is 0.318. The molecule has 1 N–H and O–H groups in total. The monoisotopic (exact) mass is 428 g/mol. The van der Waals surface area contributed by atoms with Gasteiger partial charge in [0.1, 0.15) is 0 Å². The van der Waals surface area contributed by atoms with Crippen molar-refractivity contribution in [2.24, 2.45) is 0 Å². The van der Waals surface area contributed by atoms with E-state index in [2.05, 4.69) is 22.4 Å². The first-order valence-corrected chi connectivity index (χ1v) is 11.5. The van der Waals surface area contributed by atoms with Gasteiger partial charge in [0.2, 0.25) is 0 Å². The van der Waals surface area contributed by atoms with E-state index in [-0.39, 0.29) is 24.9 Å². The number of thiazole rings is 1. The number of hydrogen-bond acceptors (Lipinski definition) is 6. The number of carbonyl (C=O) groups excluding carboxylic acids is 2. The van der Waals surface area contributed by atoms with Crippen molar-refractivity contribution in [3.05, 3.63) is 59.6 Å². The zero-order valence-corrected chi connectivity index (χ0v) is 17.8. The highest BCUT2D eigenvalue weighted by Gasteiger charge is 2.09. The molecule has 152 valence electrons. The predicted molar refractivity (Wildman–Crippen MR) is 118 cm³/mol. The standard InChI is InChI=1S/C22H24N2O3S2/c25-20(23-14-7-15-28-17-8-2-1-3-9-17)16-27-22(26)13-6-12-21-24-18-10-4-5-11-19(18)29-21/h1-5,8-11H,6-7,12-16H2,(H,23,25). The lowest BCUT2D eigenvalue weighted by Gasteiger charge is -2.06. The van der Waals surface area contributed by atoms with Gasteiger partial charge in [-0.3, -0.25) is 9.59 Å². The molecule has 3 aromatic rings. The Morgan fingerprint density at radius 3 is 2.66 bits per heavy atom. The Morgan fingerprint density at radius 2 is 1.83 bits per heavy atom. The molecular formula is C22H24N2O3S2. The summed E-state index contributed by atoms with van der Waals surface area (Å²) in [6.07, 6.45) is 2.55. The lowest BCUT2D eigenvalue weighted by molar-refractivity contribution is -0.148. The number of hydrogen-bond donors (Lipinski definition) is 1. The average Bonchev–Trinajstić information content (AvgIpc) is 3.15. The number of nitrogens with one attached hydrogen (secondary N) is 1. The first kappa shape index (κ1) is 21.3. The Labute approximate surface area is 178 Å². The number of para-hydroxylation sites is 1. The number of ether oxygens (including phenoxy) is 1. The first-order valence-electron chi connectivity index (χ1n) is 9.65. The lowest BCUT2D eigenvalue weighted by Crippen LogP contribution is -2.29. The molecule has 0 unspecified atom stereocenters. The Balaban J connectivity index is 1.23. The molecule has 0 atom stereocenters. The van der Waals surface area contributed by atoms with Crippen molar-refractivity contribution in [2.45, 2.75) is 30.6 Å². The summed E-state index contributed by atoms with van der Waals surface area (Å²) in [7, 11) is 0. The van der Waals surface area contributed by atoms with E-state index in [1.165, 1.54) is 4.90 Å². The number of aromatic nitrogens is 1. The second-order valence-electron chi connectivity index (χ2n) is 6.45. The molecular weight excluding hydrogens is 404 g/mol. The van der Waals surface area contributed by atoms with Crippen LogP contribution in [0, 0.1) is 0 Å². The van der Waals surface area contributed by atoms with Gasteiger partial charge >= 0.3 is 5.97 Å². The van der Waals surface area contributed by atoms with Gasteiger partial charge in [-0.2, -0.15) is 0 Å². The third kappa shape index (κ3) is 7.51. The van der Waals surface area contributed by atoms with E-state index < -0.39 is 0 Å². The first-order chi connectivity index (χ1) is 14.2. The van der Waals surface area contributed by atoms with Gasteiger partial charge < -0.3 is 10.1 Å². The molecule has 1 amide bonds. The molecule has 0 radical (unpaired) electrons. The fourth-order valence-corrected chi connectivity index (χ4v) is 4.57. The normalized spacial score (nSPS) is 10.8. The van der Waals surface area contributed by atoms with Gasteiger partial charge in [0.05, 0.1) is 15.2 Å². The summed E-state index contributed by atoms with van der Waals surface area (Å²) in [4.78, 5) is 29.4. The molecule has 5 nitrogen and oxygen atoms in total. The maximum Gasteiger partial charge on any atom is 0.306 e. The highest BCUT2D eigenvalue weighted by Crippen LogP contribution is 2.22. The van der Waals surface area contributed by atoms with E-state index in [0.717, 1.165) is 33.8 Å². The van der Waals surface area contributed by atoms with E-state index in [0.29, 0.717) is 13.0 Å². The molecule has 0 spiro atoms. The number of nitrogens with zero attached hydrogens (tertiary/aromatic N) is 1. The van der Waals surface area contributed by atoms with Crippen LogP contribution < -0.4 is 5.32 Å². The summed E-state index contributed by atoms with van der Waals surface area (Å²) in [5.41, 5.74) is 0.994. The summed E-state index contributed by atoms with van der Waals surface area (Å²) in [5, 5.41) is 3.80. The molecule has 0 bridgehead atoms. The maximum atomic E-state index is 11.8. The number of carbonyl (C=O) groups is 2. The molecule has 0 aliphatic heterocycles. The predicted octanol–water partition coefficient (Wildman–Crippen LogP) is 4.46. The van der Waals surface area contributed by atoms with Crippen LogP contribution in [0.25, 0.3) is 10.2 Å². The van der Waals surface area contributed by atoms with Crippen molar-refractivity contribution in [1.82, 2.24) is 10.3 Å². The van der Waals surface area contributed by atoms with Gasteiger partial charge in [-0.25, -0.2) is 4.98 Å². The molecule has 0 saturated carbocycles. The molecule has 2 aromatic carbocycles. The van der Waals surface area contributed by atoms with Crippen molar-refractivity contribution in [3.8, 4) is 0 Å². The number of amides is 1. The average molecular weight is 429 g/mol. The number of fused-ring (bicyclic) bond motifs is 1. The number of rotatable bonds is 11. The lowest BCUT2D eigenvalue weighted by atomic mass is 10.2. The molecule has 1 heterocycles. The van der Waals surface area contributed by atoms with Gasteiger partial charge in [-0.05, 0) is 49.3 Å². The summed E-state index contributed by atoms with van der Waals surface area (Å²) in [6.45, 7) is 0.361. The van der Waals surface area contributed by atoms with Crippen LogP contribution in [-0.2, 0) is 20.7 Å². The van der Waals surface area contributed by atoms with Crippen molar-refractivity contribution in [2.75, 3.05) is 18.9 Å². The van der Waals surface area contributed by atoms with Crippen LogP contribution >= 0.6 is 23.1 Å². The van der Waals surface area contributed by atoms with Crippen molar-refractivity contribution >= 4 is 45.2 Å². The van der Waals surface area contributed by atoms with E-state index in [9.17, 15) is 9.59 Å². The Kier molecular flexibility index (Phi) is 8.52. The smallest absolute Gasteiger partial charge is 0.306 e. The zero-order valence-electron chi connectivity index (χ0n) is 16.1. The van der Waals surface area contributed by atoms with Gasteiger partial charge in [-0.1, -0.05) is 30.3 Å². The van der Waals surface area contributed by atoms with Crippen LogP contribution in [0.2, 0.25) is 0 Å². The van der Waals surface area contributed by atoms with Crippen LogP contribution in [0.15, 0.2) is 59.5 Å². The number of benzene rings is 2. The van der Waals surface area contributed by atoms with E-state index in [1.54, 1.807) is 23.1 Å². The minimum Gasteiger partial charge on any atom is -0.456 e. The Bertz CT molecular complexity index is 895. The van der Waals surface area contributed by atoms with Gasteiger partial charge in [0.25, 0.3) is 5.91 Å². The topological polar surface area (TPSA) is 68.3 Å². The van der Waals surface area contributed by atoms with Gasteiger partial charge in [0.15, 0.2) is 6.61 Å². The van der Waals surface area contributed by atoms with Crippen LogP contribution in [0.4, 0.5) is 0 Å². The SMILES string of the molecule is O=C(COC(=O)CCCc1nc2ccccc2s1)NCCCSc1ccccc1. The Morgan fingerprint density at radius 1 is 1.03 bits per heavy atom. The summed E-state index contributed by atoms with van der Waals surface area (Å²) < 4.78 is 6.21. The van der Waals surface area contributed by atoms with Crippen LogP contribution in [-0.4, -0.2) is 35.8 Å². The molecule has 1 aromatic heterocycles. The molecule has 29 heavy (non-hydrogen) atoms. The minimum absolute atomic E-state index is 0.216. The maximum absolute atomic E-state index is 11.8. The van der Waals surface area contributed by atoms with Crippen molar-refractivity contribution in [3.63, 3.8) is 0 Å².